The number of nitriles is 1. The first-order valence-corrected chi connectivity index (χ1v) is 14.2. The van der Waals surface area contributed by atoms with Crippen LogP contribution in [0.4, 0.5) is 5.69 Å². The Morgan fingerprint density at radius 1 is 1.00 bits per heavy atom. The second-order valence-corrected chi connectivity index (χ2v) is 11.0. The minimum absolute atomic E-state index is 0.0546. The van der Waals surface area contributed by atoms with E-state index in [2.05, 4.69) is 43.8 Å². The molecule has 0 heterocycles. The van der Waals surface area contributed by atoms with E-state index in [1.165, 1.54) is 13.2 Å². The monoisotopic (exact) mass is 728 g/mol. The number of hydrogen-bond acceptors (Lipinski definition) is 5. The van der Waals surface area contributed by atoms with Gasteiger partial charge >= 0.3 is 0 Å². The van der Waals surface area contributed by atoms with Gasteiger partial charge in [0, 0.05) is 15.2 Å². The van der Waals surface area contributed by atoms with Crippen LogP contribution in [0.5, 0.6) is 17.2 Å². The topological polar surface area (TPSA) is 80.6 Å². The summed E-state index contributed by atoms with van der Waals surface area (Å²) >= 11 is 11.6. The molecule has 0 aromatic heterocycles. The van der Waals surface area contributed by atoms with E-state index in [9.17, 15) is 10.1 Å². The summed E-state index contributed by atoms with van der Waals surface area (Å²) in [6.45, 7) is 0.731. The van der Waals surface area contributed by atoms with Crippen molar-refractivity contribution < 1.29 is 19.0 Å². The van der Waals surface area contributed by atoms with Gasteiger partial charge in [0.15, 0.2) is 11.5 Å². The number of nitrogens with one attached hydrogen (secondary N) is 1. The minimum Gasteiger partial charge on any atom is -0.493 e. The van der Waals surface area contributed by atoms with Gasteiger partial charge in [0.05, 0.1) is 10.7 Å². The van der Waals surface area contributed by atoms with Gasteiger partial charge in [-0.1, -0.05) is 51.8 Å². The summed E-state index contributed by atoms with van der Waals surface area (Å²) < 4.78 is 19.1. The molecule has 1 N–H and O–H groups in total. The molecule has 0 atom stereocenters. The van der Waals surface area contributed by atoms with Crippen LogP contribution in [0.15, 0.2) is 95.0 Å². The standard InChI is InChI=1S/C31H23BrClIN2O4/c1-38-29-16-22(15-28(34)30(29)40-19-21-3-2-4-25(33)14-21)13-23(17-35)31(37)36-26-9-11-27(12-10-26)39-18-20-5-7-24(32)8-6-20/h2-16H,18-19H2,1H3,(H,36,37)/b23-13+. The lowest BCUT2D eigenvalue weighted by molar-refractivity contribution is -0.112. The Morgan fingerprint density at radius 3 is 2.40 bits per heavy atom. The Bertz CT molecular complexity index is 1570. The van der Waals surface area contributed by atoms with Gasteiger partial charge in [-0.2, -0.15) is 5.26 Å². The molecular formula is C31H23BrClIN2O4. The number of amides is 1. The third-order valence-electron chi connectivity index (χ3n) is 5.63. The molecule has 0 aliphatic heterocycles. The lowest BCUT2D eigenvalue weighted by Crippen LogP contribution is -2.13. The first-order chi connectivity index (χ1) is 19.3. The van der Waals surface area contributed by atoms with Crippen LogP contribution < -0.4 is 19.5 Å². The Hall–Kier alpha value is -3.52. The average Bonchev–Trinajstić information content (AvgIpc) is 2.95. The Morgan fingerprint density at radius 2 is 1.73 bits per heavy atom. The quantitative estimate of drug-likeness (QED) is 0.101. The largest absolute Gasteiger partial charge is 0.493 e. The highest BCUT2D eigenvalue weighted by Crippen LogP contribution is 2.35. The van der Waals surface area contributed by atoms with Gasteiger partial charge in [-0.05, 0) is 106 Å². The van der Waals surface area contributed by atoms with E-state index in [0.717, 1.165) is 19.2 Å². The molecule has 9 heteroatoms. The molecule has 6 nitrogen and oxygen atoms in total. The highest BCUT2D eigenvalue weighted by atomic mass is 127. The van der Waals surface area contributed by atoms with Crippen molar-refractivity contribution in [2.24, 2.45) is 0 Å². The van der Waals surface area contributed by atoms with Gasteiger partial charge in [-0.15, -0.1) is 0 Å². The lowest BCUT2D eigenvalue weighted by Gasteiger charge is -2.14. The number of rotatable bonds is 10. The minimum atomic E-state index is -0.527. The fourth-order valence-electron chi connectivity index (χ4n) is 3.64. The molecule has 0 saturated heterocycles. The molecule has 0 aliphatic rings. The third kappa shape index (κ3) is 8.24. The summed E-state index contributed by atoms with van der Waals surface area (Å²) in [6.07, 6.45) is 1.51. The smallest absolute Gasteiger partial charge is 0.266 e. The van der Waals surface area contributed by atoms with Crippen molar-refractivity contribution in [3.8, 4) is 23.3 Å². The van der Waals surface area contributed by atoms with Crippen molar-refractivity contribution in [3.05, 3.63) is 120 Å². The van der Waals surface area contributed by atoms with E-state index >= 15 is 0 Å². The molecule has 4 aromatic carbocycles. The van der Waals surface area contributed by atoms with Crippen molar-refractivity contribution in [1.29, 1.82) is 5.26 Å². The second-order valence-electron chi connectivity index (χ2n) is 8.52. The molecule has 0 saturated carbocycles. The van der Waals surface area contributed by atoms with Crippen molar-refractivity contribution in [1.82, 2.24) is 0 Å². The normalized spacial score (nSPS) is 10.9. The second kappa shape index (κ2) is 14.2. The molecule has 0 fully saturated rings. The van der Waals surface area contributed by atoms with E-state index in [-0.39, 0.29) is 5.57 Å². The summed E-state index contributed by atoms with van der Waals surface area (Å²) in [5.41, 5.74) is 3.07. The molecule has 0 bridgehead atoms. The van der Waals surface area contributed by atoms with Crippen molar-refractivity contribution >= 4 is 67.8 Å². The van der Waals surface area contributed by atoms with Gasteiger partial charge < -0.3 is 19.5 Å². The maximum Gasteiger partial charge on any atom is 0.266 e. The first kappa shape index (κ1) is 29.5. The number of methoxy groups -OCH3 is 1. The molecule has 0 spiro atoms. The van der Waals surface area contributed by atoms with Gasteiger partial charge in [0.1, 0.15) is 30.6 Å². The fourth-order valence-corrected chi connectivity index (χ4v) is 4.90. The summed E-state index contributed by atoms with van der Waals surface area (Å²) in [6, 6.07) is 27.8. The van der Waals surface area contributed by atoms with Crippen molar-refractivity contribution in [3.63, 3.8) is 0 Å². The van der Waals surface area contributed by atoms with Crippen molar-refractivity contribution in [2.45, 2.75) is 13.2 Å². The lowest BCUT2D eigenvalue weighted by atomic mass is 10.1. The zero-order valence-electron chi connectivity index (χ0n) is 21.3. The number of benzene rings is 4. The van der Waals surface area contributed by atoms with Crippen molar-refractivity contribution in [2.75, 3.05) is 12.4 Å². The number of hydrogen-bond donors (Lipinski definition) is 1. The molecule has 4 rings (SSSR count). The average molecular weight is 730 g/mol. The first-order valence-electron chi connectivity index (χ1n) is 12.0. The van der Waals surface area contributed by atoms with Crippen LogP contribution in [-0.4, -0.2) is 13.0 Å². The van der Waals surface area contributed by atoms with E-state index in [0.29, 0.717) is 46.7 Å². The van der Waals surface area contributed by atoms with Gasteiger partial charge in [-0.25, -0.2) is 0 Å². The maximum absolute atomic E-state index is 12.9. The van der Waals surface area contributed by atoms with E-state index in [1.54, 1.807) is 36.4 Å². The van der Waals surface area contributed by atoms with Crippen LogP contribution in [0.2, 0.25) is 5.02 Å². The van der Waals surface area contributed by atoms with Crippen LogP contribution in [-0.2, 0) is 18.0 Å². The predicted octanol–water partition coefficient (Wildman–Crippen LogP) is 8.42. The third-order valence-corrected chi connectivity index (χ3v) is 7.20. The molecular weight excluding hydrogens is 707 g/mol. The number of ether oxygens (including phenoxy) is 3. The predicted molar refractivity (Wildman–Crippen MR) is 169 cm³/mol. The van der Waals surface area contributed by atoms with Crippen LogP contribution in [0.25, 0.3) is 6.08 Å². The van der Waals surface area contributed by atoms with Gasteiger partial charge in [0.25, 0.3) is 5.91 Å². The number of anilines is 1. The van der Waals surface area contributed by atoms with Crippen LogP contribution in [0, 0.1) is 14.9 Å². The maximum atomic E-state index is 12.9. The highest BCUT2D eigenvalue weighted by molar-refractivity contribution is 14.1. The van der Waals surface area contributed by atoms with E-state index in [1.807, 2.05) is 54.6 Å². The zero-order valence-corrected chi connectivity index (χ0v) is 25.8. The molecule has 4 aromatic rings. The number of carbonyl (C=O) groups is 1. The fraction of sp³-hybridized carbons (Fsp3) is 0.0968. The van der Waals surface area contributed by atoms with Gasteiger partial charge in [0.2, 0.25) is 0 Å². The van der Waals surface area contributed by atoms with Crippen LogP contribution >= 0.6 is 50.1 Å². The van der Waals surface area contributed by atoms with Crippen LogP contribution in [0.1, 0.15) is 16.7 Å². The molecule has 0 unspecified atom stereocenters. The zero-order chi connectivity index (χ0) is 28.5. The Kier molecular flexibility index (Phi) is 10.5. The Labute approximate surface area is 259 Å². The van der Waals surface area contributed by atoms with E-state index in [4.69, 9.17) is 25.8 Å². The highest BCUT2D eigenvalue weighted by Gasteiger charge is 2.15. The molecule has 0 radical (unpaired) electrons. The Balaban J connectivity index is 1.41. The summed E-state index contributed by atoms with van der Waals surface area (Å²) in [5, 5.41) is 13.1. The number of carbonyl (C=O) groups excluding carboxylic acids is 1. The molecule has 0 aliphatic carbocycles. The number of halogens is 3. The van der Waals surface area contributed by atoms with Gasteiger partial charge in [-0.3, -0.25) is 4.79 Å². The molecule has 1 amide bonds. The molecule has 202 valence electrons. The number of nitrogens with zero attached hydrogens (tertiary/aromatic N) is 1. The SMILES string of the molecule is COc1cc(/C=C(\C#N)C(=O)Nc2ccc(OCc3ccc(Br)cc3)cc2)cc(I)c1OCc1cccc(Cl)c1. The summed E-state index contributed by atoms with van der Waals surface area (Å²) in [4.78, 5) is 12.9. The summed E-state index contributed by atoms with van der Waals surface area (Å²) in [7, 11) is 1.54. The van der Waals surface area contributed by atoms with E-state index < -0.39 is 5.91 Å². The van der Waals surface area contributed by atoms with Crippen LogP contribution in [0.3, 0.4) is 0 Å². The molecule has 40 heavy (non-hydrogen) atoms. The summed E-state index contributed by atoms with van der Waals surface area (Å²) in [5.74, 6) is 1.18.